The zero-order valence-electron chi connectivity index (χ0n) is 17.9. The number of nitrogens with zero attached hydrogens (tertiary/aromatic N) is 3. The molecule has 1 N–H and O–H groups in total. The number of anilines is 1. The Labute approximate surface area is 185 Å². The van der Waals surface area contributed by atoms with Crippen LogP contribution < -0.4 is 9.64 Å². The maximum Gasteiger partial charge on any atom is 0.338 e. The summed E-state index contributed by atoms with van der Waals surface area (Å²) >= 11 is 0. The normalized spacial score (nSPS) is 14.2. The van der Waals surface area contributed by atoms with Crippen LogP contribution in [0.5, 0.6) is 5.75 Å². The predicted octanol–water partition coefficient (Wildman–Crippen LogP) is 4.16. The summed E-state index contributed by atoms with van der Waals surface area (Å²) in [7, 11) is 2.89. The van der Waals surface area contributed by atoms with Crippen LogP contribution in [0.15, 0.2) is 48.5 Å². The third-order valence-electron chi connectivity index (χ3n) is 5.85. The van der Waals surface area contributed by atoms with Gasteiger partial charge in [-0.3, -0.25) is 15.2 Å². The van der Waals surface area contributed by atoms with Crippen molar-refractivity contribution in [1.82, 2.24) is 10.2 Å². The lowest BCUT2D eigenvalue weighted by molar-refractivity contribution is -0.384. The number of nitro benzene ring substituents is 1. The number of ether oxygens (including phenoxy) is 2. The van der Waals surface area contributed by atoms with E-state index >= 15 is 0 Å². The summed E-state index contributed by atoms with van der Waals surface area (Å²) in [6, 6.07) is 14.3. The van der Waals surface area contributed by atoms with Crippen LogP contribution in [-0.4, -0.2) is 48.4 Å². The molecule has 0 amide bonds. The van der Waals surface area contributed by atoms with Crippen LogP contribution >= 0.6 is 0 Å². The third kappa shape index (κ3) is 4.27. The van der Waals surface area contributed by atoms with Crippen molar-refractivity contribution >= 4 is 17.3 Å². The molecule has 0 atom stereocenters. The Morgan fingerprint density at radius 3 is 2.47 bits per heavy atom. The number of aromatic nitrogens is 2. The number of rotatable bonds is 6. The van der Waals surface area contributed by atoms with Crippen LogP contribution in [0, 0.1) is 10.1 Å². The van der Waals surface area contributed by atoms with Gasteiger partial charge < -0.3 is 14.4 Å². The van der Waals surface area contributed by atoms with Crippen molar-refractivity contribution < 1.29 is 19.2 Å². The van der Waals surface area contributed by atoms with Crippen molar-refractivity contribution in [3.63, 3.8) is 0 Å². The van der Waals surface area contributed by atoms with Crippen molar-refractivity contribution in [2.45, 2.75) is 18.8 Å². The van der Waals surface area contributed by atoms with Crippen LogP contribution in [0.4, 0.5) is 11.4 Å². The topological polar surface area (TPSA) is 111 Å². The lowest BCUT2D eigenvalue weighted by Gasteiger charge is -2.32. The summed E-state index contributed by atoms with van der Waals surface area (Å²) in [6.45, 7) is 1.33. The molecule has 32 heavy (non-hydrogen) atoms. The maximum atomic E-state index is 11.7. The second-order valence-corrected chi connectivity index (χ2v) is 7.65. The van der Waals surface area contributed by atoms with Gasteiger partial charge in [0.15, 0.2) is 0 Å². The highest BCUT2D eigenvalue weighted by atomic mass is 16.6. The molecule has 166 valence electrons. The highest BCUT2D eigenvalue weighted by Gasteiger charge is 2.27. The standard InChI is InChI=1S/C23H24N4O5/c1-31-18-6-3-15(4-7-18)19-14-20(25-24-19)16-9-11-26(12-10-16)21-8-5-17(23(28)32-2)13-22(21)27(29)30/h3-8,13-14,16H,9-12H2,1-2H3,(H,24,25). The number of piperidine rings is 1. The zero-order valence-corrected chi connectivity index (χ0v) is 17.9. The number of methoxy groups -OCH3 is 2. The van der Waals surface area contributed by atoms with E-state index in [4.69, 9.17) is 4.74 Å². The van der Waals surface area contributed by atoms with Crippen LogP contribution in [0.25, 0.3) is 11.3 Å². The highest BCUT2D eigenvalue weighted by molar-refractivity contribution is 5.91. The molecule has 0 bridgehead atoms. The molecule has 0 spiro atoms. The van der Waals surface area contributed by atoms with Crippen molar-refractivity contribution in [3.05, 3.63) is 69.9 Å². The Morgan fingerprint density at radius 2 is 1.84 bits per heavy atom. The van der Waals surface area contributed by atoms with Gasteiger partial charge in [0.2, 0.25) is 0 Å². The molecular weight excluding hydrogens is 412 g/mol. The first-order chi connectivity index (χ1) is 15.5. The van der Waals surface area contributed by atoms with Crippen LogP contribution in [-0.2, 0) is 4.74 Å². The summed E-state index contributed by atoms with van der Waals surface area (Å²) < 4.78 is 9.88. The van der Waals surface area contributed by atoms with E-state index in [1.165, 1.54) is 13.2 Å². The molecule has 1 fully saturated rings. The second-order valence-electron chi connectivity index (χ2n) is 7.65. The molecule has 0 unspecified atom stereocenters. The van der Waals surface area contributed by atoms with E-state index < -0.39 is 10.9 Å². The molecule has 0 aliphatic carbocycles. The summed E-state index contributed by atoms with van der Waals surface area (Å²) in [5.74, 6) is 0.495. The summed E-state index contributed by atoms with van der Waals surface area (Å²) in [6.07, 6.45) is 1.67. The Morgan fingerprint density at radius 1 is 1.12 bits per heavy atom. The van der Waals surface area contributed by atoms with E-state index in [1.54, 1.807) is 19.2 Å². The number of hydrogen-bond acceptors (Lipinski definition) is 7. The van der Waals surface area contributed by atoms with Gasteiger partial charge in [0.1, 0.15) is 11.4 Å². The van der Waals surface area contributed by atoms with Gasteiger partial charge in [-0.2, -0.15) is 5.10 Å². The fraction of sp³-hybridized carbons (Fsp3) is 0.304. The molecule has 9 heteroatoms. The molecule has 3 aromatic rings. The van der Waals surface area contributed by atoms with E-state index in [2.05, 4.69) is 21.0 Å². The van der Waals surface area contributed by atoms with Crippen LogP contribution in [0.3, 0.4) is 0 Å². The third-order valence-corrected chi connectivity index (χ3v) is 5.85. The molecule has 0 saturated carbocycles. The van der Waals surface area contributed by atoms with Gasteiger partial charge in [-0.25, -0.2) is 4.79 Å². The quantitative estimate of drug-likeness (QED) is 0.351. The van der Waals surface area contributed by atoms with E-state index in [9.17, 15) is 14.9 Å². The van der Waals surface area contributed by atoms with Gasteiger partial charge in [-0.15, -0.1) is 0 Å². The number of benzene rings is 2. The van der Waals surface area contributed by atoms with Crippen molar-refractivity contribution in [1.29, 1.82) is 0 Å². The first-order valence-electron chi connectivity index (χ1n) is 10.3. The number of carbonyl (C=O) groups is 1. The summed E-state index contributed by atoms with van der Waals surface area (Å²) in [5.41, 5.74) is 3.54. The minimum absolute atomic E-state index is 0.0883. The van der Waals surface area contributed by atoms with E-state index in [0.29, 0.717) is 24.7 Å². The van der Waals surface area contributed by atoms with Gasteiger partial charge in [-0.1, -0.05) is 0 Å². The van der Waals surface area contributed by atoms with Crippen LogP contribution in [0.2, 0.25) is 0 Å². The number of H-pyrrole nitrogens is 1. The smallest absolute Gasteiger partial charge is 0.338 e. The van der Waals surface area contributed by atoms with Crippen LogP contribution in [0.1, 0.15) is 34.8 Å². The predicted molar refractivity (Wildman–Crippen MR) is 119 cm³/mol. The van der Waals surface area contributed by atoms with Gasteiger partial charge >= 0.3 is 5.97 Å². The van der Waals surface area contributed by atoms with Crippen molar-refractivity contribution in [2.24, 2.45) is 0 Å². The lowest BCUT2D eigenvalue weighted by Crippen LogP contribution is -2.33. The molecule has 9 nitrogen and oxygen atoms in total. The fourth-order valence-corrected chi connectivity index (χ4v) is 4.07. The summed E-state index contributed by atoms with van der Waals surface area (Å²) in [5, 5.41) is 19.2. The minimum Gasteiger partial charge on any atom is -0.497 e. The van der Waals surface area contributed by atoms with Gasteiger partial charge in [0.25, 0.3) is 5.69 Å². The Balaban J connectivity index is 1.46. The summed E-state index contributed by atoms with van der Waals surface area (Å²) in [4.78, 5) is 24.9. The molecule has 4 rings (SSSR count). The molecular formula is C23H24N4O5. The molecule has 1 aliphatic heterocycles. The monoisotopic (exact) mass is 436 g/mol. The number of nitrogens with one attached hydrogen (secondary N) is 1. The molecule has 1 aromatic heterocycles. The Hall–Kier alpha value is -3.88. The SMILES string of the molecule is COC(=O)c1ccc(N2CCC(c3cc(-c4ccc(OC)cc4)n[nH]3)CC2)c([N+](=O)[O-])c1. The van der Waals surface area contributed by atoms with Crippen molar-refractivity contribution in [2.75, 3.05) is 32.2 Å². The van der Waals surface area contributed by atoms with Crippen molar-refractivity contribution in [3.8, 4) is 17.0 Å². The Kier molecular flexibility index (Phi) is 6.07. The number of esters is 1. The number of carbonyl (C=O) groups excluding carboxylic acids is 1. The Bertz CT molecular complexity index is 1120. The van der Waals surface area contributed by atoms with Gasteiger partial charge in [-0.05, 0) is 55.3 Å². The average molecular weight is 436 g/mol. The first-order valence-corrected chi connectivity index (χ1v) is 10.3. The lowest BCUT2D eigenvalue weighted by atomic mass is 9.92. The zero-order chi connectivity index (χ0) is 22.7. The number of aromatic amines is 1. The number of nitro groups is 1. The molecule has 0 radical (unpaired) electrons. The average Bonchev–Trinajstić information content (AvgIpc) is 3.33. The van der Waals surface area contributed by atoms with Gasteiger partial charge in [0, 0.05) is 36.3 Å². The molecule has 2 aromatic carbocycles. The molecule has 1 aliphatic rings. The second kappa shape index (κ2) is 9.09. The highest BCUT2D eigenvalue weighted by Crippen LogP contribution is 2.35. The molecule has 2 heterocycles. The first kappa shape index (κ1) is 21.4. The maximum absolute atomic E-state index is 11.7. The van der Waals surface area contributed by atoms with E-state index in [1.807, 2.05) is 29.2 Å². The minimum atomic E-state index is -0.592. The van der Waals surface area contributed by atoms with E-state index in [0.717, 1.165) is 35.5 Å². The molecule has 1 saturated heterocycles. The number of hydrogen-bond donors (Lipinski definition) is 1. The largest absolute Gasteiger partial charge is 0.497 e. The van der Waals surface area contributed by atoms with Gasteiger partial charge in [0.05, 0.1) is 30.4 Å². The fourth-order valence-electron chi connectivity index (χ4n) is 4.07. The van der Waals surface area contributed by atoms with E-state index in [-0.39, 0.29) is 11.3 Å².